The fraction of sp³-hybridized carbons (Fsp3) is 0.130. The number of nitrogens with zero attached hydrogens (tertiary/aromatic N) is 4. The number of imidazole rings is 1. The second-order valence-corrected chi connectivity index (χ2v) is 7.14. The summed E-state index contributed by atoms with van der Waals surface area (Å²) in [5.74, 6) is -0.254. The van der Waals surface area contributed by atoms with Crippen LogP contribution in [0.2, 0.25) is 0 Å². The second kappa shape index (κ2) is 8.46. The summed E-state index contributed by atoms with van der Waals surface area (Å²) in [5.41, 5.74) is 4.06. The molecular weight excluding hydrogens is 413 g/mol. The summed E-state index contributed by atoms with van der Waals surface area (Å²) in [5, 5.41) is 2.50. The average molecular weight is 433 g/mol. The van der Waals surface area contributed by atoms with E-state index in [2.05, 4.69) is 20.0 Å². The number of aromatic nitrogens is 3. The van der Waals surface area contributed by atoms with Crippen LogP contribution < -0.4 is 10.2 Å². The minimum absolute atomic E-state index is 0.239. The first kappa shape index (κ1) is 21.0. The van der Waals surface area contributed by atoms with Crippen molar-refractivity contribution in [3.63, 3.8) is 0 Å². The first-order chi connectivity index (χ1) is 15.4. The van der Waals surface area contributed by atoms with Crippen molar-refractivity contribution in [1.82, 2.24) is 14.4 Å². The number of benzene rings is 1. The molecule has 0 spiro atoms. The maximum Gasteiger partial charge on any atom is 0.412 e. The van der Waals surface area contributed by atoms with Gasteiger partial charge in [-0.1, -0.05) is 0 Å². The molecule has 0 saturated carbocycles. The number of amides is 2. The van der Waals surface area contributed by atoms with Gasteiger partial charge >= 0.3 is 6.09 Å². The Kier molecular flexibility index (Phi) is 5.55. The first-order valence-corrected chi connectivity index (χ1v) is 9.70. The zero-order chi connectivity index (χ0) is 22.8. The molecule has 8 nitrogen and oxygen atoms in total. The maximum atomic E-state index is 13.2. The lowest BCUT2D eigenvalue weighted by atomic mass is 10.1. The monoisotopic (exact) mass is 433 g/mol. The lowest BCUT2D eigenvalue weighted by Crippen LogP contribution is -2.26. The van der Waals surface area contributed by atoms with Crippen LogP contribution in [0, 0.1) is 12.7 Å². The molecule has 0 saturated heterocycles. The molecule has 162 valence electrons. The second-order valence-electron chi connectivity index (χ2n) is 7.14. The Morgan fingerprint density at radius 3 is 2.50 bits per heavy atom. The predicted octanol–water partition coefficient (Wildman–Crippen LogP) is 4.30. The summed E-state index contributed by atoms with van der Waals surface area (Å²) in [6.45, 7) is 1.88. The summed E-state index contributed by atoms with van der Waals surface area (Å²) >= 11 is 0. The number of hydrogen-bond acceptors (Lipinski definition) is 5. The van der Waals surface area contributed by atoms with Gasteiger partial charge < -0.3 is 9.64 Å². The van der Waals surface area contributed by atoms with Gasteiger partial charge in [0, 0.05) is 30.7 Å². The van der Waals surface area contributed by atoms with Gasteiger partial charge in [0.25, 0.3) is 5.91 Å². The van der Waals surface area contributed by atoms with Crippen LogP contribution in [0.5, 0.6) is 0 Å². The minimum atomic E-state index is -0.607. The summed E-state index contributed by atoms with van der Waals surface area (Å²) in [7, 11) is 2.91. The highest BCUT2D eigenvalue weighted by Gasteiger charge is 2.17. The number of aryl methyl sites for hydroxylation is 1. The third kappa shape index (κ3) is 4.00. The standard InChI is InChI=1S/C23H20FN5O3/c1-14-10-16(22(30)28(2)18-7-5-17(24)6-8-18)13-29-19(12-26-21(14)29)15-4-9-20(25-11-15)27-23(31)32-3/h4-13H,1-3H3,(H,25,27,31). The summed E-state index contributed by atoms with van der Waals surface area (Å²) in [4.78, 5) is 34.6. The molecule has 0 aliphatic rings. The molecule has 9 heteroatoms. The van der Waals surface area contributed by atoms with Crippen LogP contribution >= 0.6 is 0 Å². The molecule has 0 unspecified atom stereocenters. The lowest BCUT2D eigenvalue weighted by molar-refractivity contribution is 0.0992. The third-order valence-electron chi connectivity index (χ3n) is 5.03. The van der Waals surface area contributed by atoms with Gasteiger partial charge in [0.05, 0.1) is 24.6 Å². The van der Waals surface area contributed by atoms with Gasteiger partial charge in [0.1, 0.15) is 17.3 Å². The quantitative estimate of drug-likeness (QED) is 0.518. The van der Waals surface area contributed by atoms with E-state index in [1.807, 2.05) is 11.3 Å². The SMILES string of the molecule is COC(=O)Nc1ccc(-c2cnc3c(C)cc(C(=O)N(C)c4ccc(F)cc4)cn23)cn1. The topological polar surface area (TPSA) is 88.8 Å². The summed E-state index contributed by atoms with van der Waals surface area (Å²) < 4.78 is 19.6. The van der Waals surface area contributed by atoms with Gasteiger partial charge in [-0.3, -0.25) is 14.5 Å². The molecule has 4 rings (SSSR count). The maximum absolute atomic E-state index is 13.2. The molecule has 3 heterocycles. The van der Waals surface area contributed by atoms with Gasteiger partial charge in [-0.25, -0.2) is 19.2 Å². The van der Waals surface area contributed by atoms with Gasteiger partial charge in [0.15, 0.2) is 0 Å². The van der Waals surface area contributed by atoms with Crippen molar-refractivity contribution in [2.45, 2.75) is 6.92 Å². The van der Waals surface area contributed by atoms with E-state index in [4.69, 9.17) is 0 Å². The van der Waals surface area contributed by atoms with E-state index in [1.165, 1.54) is 24.1 Å². The van der Waals surface area contributed by atoms with Crippen LogP contribution in [-0.2, 0) is 4.74 Å². The molecule has 0 atom stereocenters. The molecule has 0 fully saturated rings. The number of carbonyl (C=O) groups excluding carboxylic acids is 2. The number of pyridine rings is 2. The smallest absolute Gasteiger partial charge is 0.412 e. The molecule has 1 N–H and O–H groups in total. The van der Waals surface area contributed by atoms with Crippen molar-refractivity contribution >= 4 is 29.2 Å². The molecule has 2 amide bonds. The highest BCUT2D eigenvalue weighted by molar-refractivity contribution is 6.06. The Balaban J connectivity index is 1.69. The molecule has 1 aromatic carbocycles. The molecule has 0 radical (unpaired) electrons. The Morgan fingerprint density at radius 1 is 1.09 bits per heavy atom. The van der Waals surface area contributed by atoms with Crippen LogP contribution in [0.25, 0.3) is 16.9 Å². The van der Waals surface area contributed by atoms with Crippen LogP contribution in [0.4, 0.5) is 20.7 Å². The Labute approximate surface area is 183 Å². The van der Waals surface area contributed by atoms with Gasteiger partial charge in [-0.2, -0.15) is 0 Å². The Bertz CT molecular complexity index is 1300. The molecule has 0 bridgehead atoms. The molecule has 4 aromatic rings. The van der Waals surface area contributed by atoms with Crippen molar-refractivity contribution < 1.29 is 18.7 Å². The first-order valence-electron chi connectivity index (χ1n) is 9.70. The number of nitrogens with one attached hydrogen (secondary N) is 1. The molecular formula is C23H20FN5O3. The highest BCUT2D eigenvalue weighted by Crippen LogP contribution is 2.25. The Hall–Kier alpha value is -4.27. The van der Waals surface area contributed by atoms with E-state index < -0.39 is 6.09 Å². The van der Waals surface area contributed by atoms with Crippen molar-refractivity contribution in [2.75, 3.05) is 24.4 Å². The van der Waals surface area contributed by atoms with E-state index in [1.54, 1.807) is 56.0 Å². The number of methoxy groups -OCH3 is 1. The van der Waals surface area contributed by atoms with Crippen molar-refractivity contribution in [1.29, 1.82) is 0 Å². The van der Waals surface area contributed by atoms with E-state index in [9.17, 15) is 14.0 Å². The van der Waals surface area contributed by atoms with E-state index in [-0.39, 0.29) is 11.7 Å². The summed E-state index contributed by atoms with van der Waals surface area (Å²) in [6.07, 6.45) is 4.41. The fourth-order valence-corrected chi connectivity index (χ4v) is 3.34. The van der Waals surface area contributed by atoms with E-state index >= 15 is 0 Å². The van der Waals surface area contributed by atoms with Gasteiger partial charge in [-0.15, -0.1) is 0 Å². The number of fused-ring (bicyclic) bond motifs is 1. The molecule has 32 heavy (non-hydrogen) atoms. The van der Waals surface area contributed by atoms with Crippen LogP contribution in [0.3, 0.4) is 0 Å². The van der Waals surface area contributed by atoms with Crippen molar-refractivity contribution in [3.8, 4) is 11.3 Å². The largest absolute Gasteiger partial charge is 0.453 e. The van der Waals surface area contributed by atoms with Crippen molar-refractivity contribution in [2.24, 2.45) is 0 Å². The number of halogens is 1. The lowest BCUT2D eigenvalue weighted by Gasteiger charge is -2.18. The highest BCUT2D eigenvalue weighted by atomic mass is 19.1. The van der Waals surface area contributed by atoms with Crippen LogP contribution in [-0.4, -0.2) is 40.5 Å². The number of hydrogen-bond donors (Lipinski definition) is 1. The van der Waals surface area contributed by atoms with Crippen molar-refractivity contribution in [3.05, 3.63) is 78.0 Å². The number of ether oxygens (including phenoxy) is 1. The zero-order valence-corrected chi connectivity index (χ0v) is 17.7. The molecule has 0 aliphatic heterocycles. The molecule has 0 aliphatic carbocycles. The van der Waals surface area contributed by atoms with Crippen LogP contribution in [0.1, 0.15) is 15.9 Å². The number of carbonyl (C=O) groups is 2. The number of anilines is 2. The number of rotatable bonds is 4. The fourth-order valence-electron chi connectivity index (χ4n) is 3.34. The predicted molar refractivity (Wildman–Crippen MR) is 118 cm³/mol. The Morgan fingerprint density at radius 2 is 1.84 bits per heavy atom. The zero-order valence-electron chi connectivity index (χ0n) is 17.7. The summed E-state index contributed by atoms with van der Waals surface area (Å²) in [6, 6.07) is 10.9. The average Bonchev–Trinajstić information content (AvgIpc) is 3.23. The van der Waals surface area contributed by atoms with Gasteiger partial charge in [-0.05, 0) is 55.0 Å². The van der Waals surface area contributed by atoms with E-state index in [0.717, 1.165) is 16.8 Å². The van der Waals surface area contributed by atoms with E-state index in [0.29, 0.717) is 22.7 Å². The van der Waals surface area contributed by atoms with Gasteiger partial charge in [0.2, 0.25) is 0 Å². The van der Waals surface area contributed by atoms with Crippen LogP contribution in [0.15, 0.2) is 61.1 Å². The normalized spacial score (nSPS) is 10.8. The third-order valence-corrected chi connectivity index (χ3v) is 5.03. The molecule has 3 aromatic heterocycles. The minimum Gasteiger partial charge on any atom is -0.453 e.